The molecule has 1 aromatic rings. The van der Waals surface area contributed by atoms with Gasteiger partial charge in [-0.25, -0.2) is 4.79 Å². The van der Waals surface area contributed by atoms with E-state index in [9.17, 15) is 9.59 Å². The molecule has 0 radical (unpaired) electrons. The van der Waals surface area contributed by atoms with E-state index in [4.69, 9.17) is 4.74 Å². The van der Waals surface area contributed by atoms with Gasteiger partial charge in [-0.2, -0.15) is 0 Å². The van der Waals surface area contributed by atoms with Crippen LogP contribution in [0.5, 0.6) is 5.75 Å². The van der Waals surface area contributed by atoms with Crippen molar-refractivity contribution in [2.45, 2.75) is 12.5 Å². The summed E-state index contributed by atoms with van der Waals surface area (Å²) in [5.74, 6) is -0.665. The van der Waals surface area contributed by atoms with E-state index in [1.807, 2.05) is 0 Å². The Labute approximate surface area is 101 Å². The standard InChI is InChI=1S/C11H9BrO4/c1-11(10(14)15-2)9(13)7-5-6(12)3-4-8(7)16-11/h3-5H,1-2H3. The summed E-state index contributed by atoms with van der Waals surface area (Å²) >= 11 is 3.26. The highest BCUT2D eigenvalue weighted by molar-refractivity contribution is 9.10. The summed E-state index contributed by atoms with van der Waals surface area (Å²) in [5, 5.41) is 0. The van der Waals surface area contributed by atoms with Crippen LogP contribution in [0.2, 0.25) is 0 Å². The molecule has 2 rings (SSSR count). The first-order valence-corrected chi connectivity index (χ1v) is 5.40. The molecule has 0 N–H and O–H groups in total. The lowest BCUT2D eigenvalue weighted by atomic mass is 9.98. The molecule has 1 heterocycles. The zero-order chi connectivity index (χ0) is 11.9. The SMILES string of the molecule is COC(=O)C1(C)Oc2ccc(Br)cc2C1=O. The molecule has 0 spiro atoms. The Hall–Kier alpha value is -1.36. The van der Waals surface area contributed by atoms with Gasteiger partial charge in [0.1, 0.15) is 5.75 Å². The number of fused-ring (bicyclic) bond motifs is 1. The molecular formula is C11H9BrO4. The zero-order valence-electron chi connectivity index (χ0n) is 8.74. The van der Waals surface area contributed by atoms with E-state index >= 15 is 0 Å². The van der Waals surface area contributed by atoms with E-state index in [-0.39, 0.29) is 5.78 Å². The normalized spacial score (nSPS) is 22.6. The number of ketones is 1. The van der Waals surface area contributed by atoms with Crippen LogP contribution in [0.25, 0.3) is 0 Å². The number of ether oxygens (including phenoxy) is 2. The number of hydrogen-bond acceptors (Lipinski definition) is 4. The first-order chi connectivity index (χ1) is 7.49. The summed E-state index contributed by atoms with van der Waals surface area (Å²) in [5.41, 5.74) is -1.17. The Morgan fingerprint density at radius 1 is 1.50 bits per heavy atom. The van der Waals surface area contributed by atoms with Crippen LogP contribution < -0.4 is 4.74 Å². The van der Waals surface area contributed by atoms with Gasteiger partial charge in [0.05, 0.1) is 12.7 Å². The third-order valence-corrected chi connectivity index (χ3v) is 3.00. The average molecular weight is 285 g/mol. The van der Waals surface area contributed by atoms with Gasteiger partial charge in [0.2, 0.25) is 5.78 Å². The predicted molar refractivity (Wildman–Crippen MR) is 59.5 cm³/mol. The maximum Gasteiger partial charge on any atom is 0.358 e. The second kappa shape index (κ2) is 3.59. The monoisotopic (exact) mass is 284 g/mol. The summed E-state index contributed by atoms with van der Waals surface area (Å²) in [7, 11) is 1.23. The van der Waals surface area contributed by atoms with Crippen molar-refractivity contribution in [3.8, 4) is 5.75 Å². The van der Waals surface area contributed by atoms with Gasteiger partial charge in [0, 0.05) is 4.47 Å². The summed E-state index contributed by atoms with van der Waals surface area (Å²) in [6.07, 6.45) is 0. The van der Waals surface area contributed by atoms with Gasteiger partial charge in [-0.05, 0) is 25.1 Å². The second-order valence-corrected chi connectivity index (χ2v) is 4.51. The topological polar surface area (TPSA) is 52.6 Å². The van der Waals surface area contributed by atoms with E-state index in [1.165, 1.54) is 14.0 Å². The fraction of sp³-hybridized carbons (Fsp3) is 0.273. The van der Waals surface area contributed by atoms with Crippen molar-refractivity contribution >= 4 is 27.7 Å². The largest absolute Gasteiger partial charge is 0.467 e. The van der Waals surface area contributed by atoms with Gasteiger partial charge < -0.3 is 9.47 Å². The van der Waals surface area contributed by atoms with E-state index in [0.29, 0.717) is 11.3 Å². The number of carbonyl (C=O) groups excluding carboxylic acids is 2. The van der Waals surface area contributed by atoms with E-state index < -0.39 is 11.6 Å². The quantitative estimate of drug-likeness (QED) is 0.584. The second-order valence-electron chi connectivity index (χ2n) is 3.60. The highest BCUT2D eigenvalue weighted by Crippen LogP contribution is 2.37. The fourth-order valence-corrected chi connectivity index (χ4v) is 1.98. The van der Waals surface area contributed by atoms with Crippen molar-refractivity contribution in [1.82, 2.24) is 0 Å². The molecule has 1 unspecified atom stereocenters. The molecule has 4 nitrogen and oxygen atoms in total. The Morgan fingerprint density at radius 2 is 2.19 bits per heavy atom. The highest BCUT2D eigenvalue weighted by Gasteiger charge is 2.51. The van der Waals surface area contributed by atoms with Crippen LogP contribution in [-0.4, -0.2) is 24.5 Å². The lowest BCUT2D eigenvalue weighted by Gasteiger charge is -2.18. The number of rotatable bonds is 1. The van der Waals surface area contributed by atoms with E-state index in [2.05, 4.69) is 20.7 Å². The van der Waals surface area contributed by atoms with Crippen LogP contribution in [-0.2, 0) is 9.53 Å². The van der Waals surface area contributed by atoms with Gasteiger partial charge in [0.15, 0.2) is 0 Å². The van der Waals surface area contributed by atoms with Gasteiger partial charge >= 0.3 is 5.97 Å². The lowest BCUT2D eigenvalue weighted by Crippen LogP contribution is -2.45. The molecule has 1 aromatic carbocycles. The molecule has 84 valence electrons. The van der Waals surface area contributed by atoms with E-state index in [0.717, 1.165) is 4.47 Å². The Bertz CT molecular complexity index is 483. The van der Waals surface area contributed by atoms with Gasteiger partial charge in [-0.3, -0.25) is 4.79 Å². The summed E-state index contributed by atoms with van der Waals surface area (Å²) < 4.78 is 10.7. The van der Waals surface area contributed by atoms with Crippen molar-refractivity contribution in [1.29, 1.82) is 0 Å². The Morgan fingerprint density at radius 3 is 2.81 bits per heavy atom. The minimum atomic E-state index is -1.56. The molecule has 0 amide bonds. The van der Waals surface area contributed by atoms with Crippen molar-refractivity contribution in [3.63, 3.8) is 0 Å². The van der Waals surface area contributed by atoms with Crippen molar-refractivity contribution in [3.05, 3.63) is 28.2 Å². The van der Waals surface area contributed by atoms with Gasteiger partial charge in [0.25, 0.3) is 5.60 Å². The summed E-state index contributed by atoms with van der Waals surface area (Å²) in [6.45, 7) is 1.41. The highest BCUT2D eigenvalue weighted by atomic mass is 79.9. The molecule has 0 bridgehead atoms. The van der Waals surface area contributed by atoms with Gasteiger partial charge in [-0.15, -0.1) is 0 Å². The number of hydrogen-bond donors (Lipinski definition) is 0. The summed E-state index contributed by atoms with van der Waals surface area (Å²) in [6, 6.07) is 5.02. The maximum absolute atomic E-state index is 12.0. The number of benzene rings is 1. The lowest BCUT2D eigenvalue weighted by molar-refractivity contribution is -0.152. The minimum absolute atomic E-state index is 0.379. The molecule has 16 heavy (non-hydrogen) atoms. The number of Topliss-reactive ketones (excluding diaryl/α,β-unsaturated/α-hetero) is 1. The van der Waals surface area contributed by atoms with Crippen LogP contribution in [0.15, 0.2) is 22.7 Å². The molecule has 0 fully saturated rings. The smallest absolute Gasteiger partial charge is 0.358 e. The van der Waals surface area contributed by atoms with Gasteiger partial charge in [-0.1, -0.05) is 15.9 Å². The number of esters is 1. The summed E-state index contributed by atoms with van der Waals surface area (Å²) in [4.78, 5) is 23.5. The van der Waals surface area contributed by atoms with Crippen LogP contribution in [0.3, 0.4) is 0 Å². The maximum atomic E-state index is 12.0. The molecule has 1 aliphatic heterocycles. The van der Waals surface area contributed by atoms with Crippen LogP contribution in [0.4, 0.5) is 0 Å². The molecule has 0 saturated heterocycles. The molecular weight excluding hydrogens is 276 g/mol. The number of carbonyl (C=O) groups is 2. The van der Waals surface area contributed by atoms with Crippen molar-refractivity contribution < 1.29 is 19.1 Å². The van der Waals surface area contributed by atoms with Crippen LogP contribution in [0, 0.1) is 0 Å². The Balaban J connectivity index is 2.49. The van der Waals surface area contributed by atoms with Crippen LogP contribution >= 0.6 is 15.9 Å². The third kappa shape index (κ3) is 1.43. The predicted octanol–water partition coefficient (Wildman–Crippen LogP) is 1.96. The minimum Gasteiger partial charge on any atom is -0.467 e. The average Bonchev–Trinajstić information content (AvgIpc) is 2.52. The van der Waals surface area contributed by atoms with Crippen LogP contribution in [0.1, 0.15) is 17.3 Å². The molecule has 0 aromatic heterocycles. The molecule has 1 atom stereocenters. The Kier molecular flexibility index (Phi) is 2.50. The van der Waals surface area contributed by atoms with Crippen molar-refractivity contribution in [2.75, 3.05) is 7.11 Å². The first kappa shape index (κ1) is 11.1. The zero-order valence-corrected chi connectivity index (χ0v) is 10.3. The van der Waals surface area contributed by atoms with E-state index in [1.54, 1.807) is 18.2 Å². The molecule has 1 aliphatic rings. The molecule has 0 aliphatic carbocycles. The number of halogens is 1. The first-order valence-electron chi connectivity index (χ1n) is 4.61. The number of methoxy groups -OCH3 is 1. The fourth-order valence-electron chi connectivity index (χ4n) is 1.62. The molecule has 5 heteroatoms. The molecule has 0 saturated carbocycles. The third-order valence-electron chi connectivity index (χ3n) is 2.51. The van der Waals surface area contributed by atoms with Crippen molar-refractivity contribution in [2.24, 2.45) is 0 Å².